The van der Waals surface area contributed by atoms with Gasteiger partial charge >= 0.3 is 0 Å². The molecule has 18 heavy (non-hydrogen) atoms. The molecule has 0 aromatic heterocycles. The minimum atomic E-state index is -0.586. The lowest BCUT2D eigenvalue weighted by Crippen LogP contribution is -2.32. The van der Waals surface area contributed by atoms with Crippen LogP contribution in [0.1, 0.15) is 6.92 Å². The van der Waals surface area contributed by atoms with Gasteiger partial charge in [-0.3, -0.25) is 9.59 Å². The van der Waals surface area contributed by atoms with Gasteiger partial charge in [0, 0.05) is 18.5 Å². The summed E-state index contributed by atoms with van der Waals surface area (Å²) in [5, 5.41) is 5.28. The van der Waals surface area contributed by atoms with Gasteiger partial charge in [0.1, 0.15) is 6.61 Å². The fraction of sp³-hybridized carbons (Fsp3) is 0.333. The Hall–Kier alpha value is -1.92. The van der Waals surface area contributed by atoms with Gasteiger partial charge in [-0.25, -0.2) is 0 Å². The maximum absolute atomic E-state index is 11.4. The molecule has 0 spiro atoms. The molecule has 1 aromatic carbocycles. The van der Waals surface area contributed by atoms with E-state index < -0.39 is 6.04 Å². The minimum absolute atomic E-state index is 0.0174. The number of carbonyl (C=O) groups excluding carboxylic acids is 2. The molecule has 0 radical (unpaired) electrons. The second-order valence-corrected chi connectivity index (χ2v) is 3.84. The Labute approximate surface area is 105 Å². The molecule has 6 nitrogen and oxygen atoms in total. The van der Waals surface area contributed by atoms with Gasteiger partial charge in [-0.15, -0.1) is 0 Å². The molecule has 0 heterocycles. The van der Waals surface area contributed by atoms with E-state index in [1.165, 1.54) is 7.11 Å². The van der Waals surface area contributed by atoms with Gasteiger partial charge in [-0.2, -0.15) is 0 Å². The van der Waals surface area contributed by atoms with Crippen LogP contribution >= 0.6 is 0 Å². The number of nitrogens with two attached hydrogens (primary N) is 1. The highest BCUT2D eigenvalue weighted by Crippen LogP contribution is 2.15. The van der Waals surface area contributed by atoms with Crippen LogP contribution in [-0.4, -0.2) is 31.6 Å². The van der Waals surface area contributed by atoms with Crippen LogP contribution in [0.3, 0.4) is 0 Å². The van der Waals surface area contributed by atoms with Crippen molar-refractivity contribution in [1.29, 1.82) is 0 Å². The van der Waals surface area contributed by atoms with Crippen LogP contribution in [0.5, 0.6) is 0 Å². The average molecular weight is 251 g/mol. The summed E-state index contributed by atoms with van der Waals surface area (Å²) < 4.78 is 4.70. The standard InChI is InChI=1S/C12H17N3O3/c1-8(13)12(17)15-10-5-3-4-9(6-10)14-11(16)7-18-2/h3-6,8H,7,13H2,1-2H3,(H,14,16)(H,15,17)/t8-/m0/s1. The molecule has 0 bridgehead atoms. The van der Waals surface area contributed by atoms with Crippen molar-refractivity contribution in [2.45, 2.75) is 13.0 Å². The van der Waals surface area contributed by atoms with Crippen LogP contribution < -0.4 is 16.4 Å². The van der Waals surface area contributed by atoms with Crippen LogP contribution in [-0.2, 0) is 14.3 Å². The number of hydrogen-bond acceptors (Lipinski definition) is 4. The van der Waals surface area contributed by atoms with E-state index in [4.69, 9.17) is 10.5 Å². The highest BCUT2D eigenvalue weighted by Gasteiger charge is 2.08. The first kappa shape index (κ1) is 14.1. The van der Waals surface area contributed by atoms with E-state index in [1.807, 2.05) is 0 Å². The summed E-state index contributed by atoms with van der Waals surface area (Å²) >= 11 is 0. The third kappa shape index (κ3) is 4.52. The van der Waals surface area contributed by atoms with Crippen molar-refractivity contribution >= 4 is 23.2 Å². The zero-order valence-electron chi connectivity index (χ0n) is 10.4. The molecule has 4 N–H and O–H groups in total. The molecule has 0 saturated heterocycles. The lowest BCUT2D eigenvalue weighted by Gasteiger charge is -2.10. The van der Waals surface area contributed by atoms with Crippen molar-refractivity contribution in [1.82, 2.24) is 0 Å². The molecule has 0 aliphatic heterocycles. The first-order chi connectivity index (χ1) is 8.52. The summed E-state index contributed by atoms with van der Waals surface area (Å²) in [5.41, 5.74) is 6.60. The highest BCUT2D eigenvalue weighted by atomic mass is 16.5. The molecule has 6 heteroatoms. The topological polar surface area (TPSA) is 93.5 Å². The van der Waals surface area contributed by atoms with Crippen molar-refractivity contribution in [3.8, 4) is 0 Å². The van der Waals surface area contributed by atoms with E-state index in [0.717, 1.165) is 0 Å². The number of hydrogen-bond donors (Lipinski definition) is 3. The number of methoxy groups -OCH3 is 1. The fourth-order valence-corrected chi connectivity index (χ4v) is 1.26. The van der Waals surface area contributed by atoms with E-state index in [2.05, 4.69) is 10.6 Å². The van der Waals surface area contributed by atoms with Crippen LogP contribution in [0.25, 0.3) is 0 Å². The number of amides is 2. The Morgan fingerprint density at radius 1 is 1.33 bits per heavy atom. The predicted octanol–water partition coefficient (Wildman–Crippen LogP) is 0.557. The number of ether oxygens (including phenoxy) is 1. The van der Waals surface area contributed by atoms with E-state index in [1.54, 1.807) is 31.2 Å². The zero-order valence-corrected chi connectivity index (χ0v) is 10.4. The van der Waals surface area contributed by atoms with Gasteiger partial charge in [0.25, 0.3) is 0 Å². The van der Waals surface area contributed by atoms with Crippen molar-refractivity contribution < 1.29 is 14.3 Å². The summed E-state index contributed by atoms with van der Waals surface area (Å²) in [6.45, 7) is 1.58. The third-order valence-electron chi connectivity index (χ3n) is 2.10. The number of nitrogens with one attached hydrogen (secondary N) is 2. The lowest BCUT2D eigenvalue weighted by atomic mass is 10.2. The summed E-state index contributed by atoms with van der Waals surface area (Å²) in [4.78, 5) is 22.7. The third-order valence-corrected chi connectivity index (χ3v) is 2.10. The minimum Gasteiger partial charge on any atom is -0.375 e. The van der Waals surface area contributed by atoms with Gasteiger partial charge < -0.3 is 21.1 Å². The Bertz CT molecular complexity index is 432. The first-order valence-corrected chi connectivity index (χ1v) is 5.48. The largest absolute Gasteiger partial charge is 0.375 e. The smallest absolute Gasteiger partial charge is 0.250 e. The summed E-state index contributed by atoms with van der Waals surface area (Å²) in [6.07, 6.45) is 0. The normalized spacial score (nSPS) is 11.7. The SMILES string of the molecule is COCC(=O)Nc1cccc(NC(=O)[C@H](C)N)c1. The van der Waals surface area contributed by atoms with Crippen molar-refractivity contribution in [3.63, 3.8) is 0 Å². The van der Waals surface area contributed by atoms with Crippen molar-refractivity contribution in [3.05, 3.63) is 24.3 Å². The van der Waals surface area contributed by atoms with Crippen molar-refractivity contribution in [2.75, 3.05) is 24.4 Å². The Morgan fingerprint density at radius 2 is 1.94 bits per heavy atom. The Kier molecular flexibility index (Phi) is 5.29. The van der Waals surface area contributed by atoms with Crippen LogP contribution in [0.15, 0.2) is 24.3 Å². The monoisotopic (exact) mass is 251 g/mol. The zero-order chi connectivity index (χ0) is 13.5. The molecule has 0 saturated carbocycles. The molecule has 0 aliphatic carbocycles. The molecule has 98 valence electrons. The van der Waals surface area contributed by atoms with Gasteiger partial charge in [0.2, 0.25) is 11.8 Å². The van der Waals surface area contributed by atoms with Crippen LogP contribution in [0.2, 0.25) is 0 Å². The molecule has 0 unspecified atom stereocenters. The van der Waals surface area contributed by atoms with Gasteiger partial charge in [0.15, 0.2) is 0 Å². The maximum Gasteiger partial charge on any atom is 0.250 e. The van der Waals surface area contributed by atoms with Gasteiger partial charge in [-0.1, -0.05) is 6.07 Å². The second kappa shape index (κ2) is 6.73. The van der Waals surface area contributed by atoms with Gasteiger partial charge in [0.05, 0.1) is 6.04 Å². The summed E-state index contributed by atoms with van der Waals surface area (Å²) in [6, 6.07) is 6.21. The summed E-state index contributed by atoms with van der Waals surface area (Å²) in [5.74, 6) is -0.538. The lowest BCUT2D eigenvalue weighted by molar-refractivity contribution is -0.119. The number of rotatable bonds is 5. The van der Waals surface area contributed by atoms with E-state index >= 15 is 0 Å². The molecular weight excluding hydrogens is 234 g/mol. The first-order valence-electron chi connectivity index (χ1n) is 5.48. The predicted molar refractivity (Wildman–Crippen MR) is 69.2 cm³/mol. The average Bonchev–Trinajstić information content (AvgIpc) is 2.29. The molecule has 0 aliphatic rings. The van der Waals surface area contributed by atoms with Gasteiger partial charge in [-0.05, 0) is 25.1 Å². The quantitative estimate of drug-likeness (QED) is 0.712. The Balaban J connectivity index is 2.67. The van der Waals surface area contributed by atoms with Crippen LogP contribution in [0, 0.1) is 0 Å². The highest BCUT2D eigenvalue weighted by molar-refractivity contribution is 5.96. The molecule has 1 aromatic rings. The fourth-order valence-electron chi connectivity index (χ4n) is 1.26. The summed E-state index contributed by atoms with van der Waals surface area (Å²) in [7, 11) is 1.44. The number of carbonyl (C=O) groups is 2. The van der Waals surface area contributed by atoms with E-state index in [9.17, 15) is 9.59 Å². The molecule has 1 rings (SSSR count). The molecule has 2 amide bonds. The van der Waals surface area contributed by atoms with E-state index in [0.29, 0.717) is 11.4 Å². The maximum atomic E-state index is 11.4. The van der Waals surface area contributed by atoms with Crippen LogP contribution in [0.4, 0.5) is 11.4 Å². The molecule has 1 atom stereocenters. The number of anilines is 2. The Morgan fingerprint density at radius 3 is 2.50 bits per heavy atom. The molecule has 0 fully saturated rings. The van der Waals surface area contributed by atoms with Crippen molar-refractivity contribution in [2.24, 2.45) is 5.73 Å². The second-order valence-electron chi connectivity index (χ2n) is 3.84. The van der Waals surface area contributed by atoms with E-state index in [-0.39, 0.29) is 18.4 Å². The number of benzene rings is 1. The molecular formula is C12H17N3O3.